The van der Waals surface area contributed by atoms with E-state index in [1.54, 1.807) is 7.05 Å². The predicted molar refractivity (Wildman–Crippen MR) is 83.2 cm³/mol. The van der Waals surface area contributed by atoms with Crippen molar-refractivity contribution in [3.8, 4) is 0 Å². The van der Waals surface area contributed by atoms with Crippen molar-refractivity contribution in [3.05, 3.63) is 0 Å². The van der Waals surface area contributed by atoms with Crippen LogP contribution in [0.5, 0.6) is 0 Å². The van der Waals surface area contributed by atoms with Gasteiger partial charge in [0.2, 0.25) is 5.91 Å². The maximum atomic E-state index is 12.1. The molecule has 0 spiro atoms. The summed E-state index contributed by atoms with van der Waals surface area (Å²) in [6.07, 6.45) is 5.09. The van der Waals surface area contributed by atoms with Gasteiger partial charge in [-0.1, -0.05) is 33.1 Å². The van der Waals surface area contributed by atoms with E-state index in [1.165, 1.54) is 11.5 Å². The number of nitrogens with zero attached hydrogens (tertiary/aromatic N) is 1. The summed E-state index contributed by atoms with van der Waals surface area (Å²) in [5, 5.41) is 4.01. The first-order valence-corrected chi connectivity index (χ1v) is 8.44. The number of carbonyl (C=O) groups excluding carboxylic acids is 2. The normalized spacial score (nSPS) is 26.5. The van der Waals surface area contributed by atoms with Crippen LogP contribution in [0.3, 0.4) is 0 Å². The summed E-state index contributed by atoms with van der Waals surface area (Å²) in [5.74, 6) is -0.497. The number of nitrogens with one attached hydrogen (secondary N) is 1. The summed E-state index contributed by atoms with van der Waals surface area (Å²) in [7, 11) is 1.62. The molecule has 7 nitrogen and oxygen atoms in total. The molecule has 1 aliphatic carbocycles. The number of amides is 1. The third-order valence-corrected chi connectivity index (χ3v) is 4.05. The van der Waals surface area contributed by atoms with E-state index in [4.69, 9.17) is 14.3 Å². The van der Waals surface area contributed by atoms with Crippen molar-refractivity contribution in [3.63, 3.8) is 0 Å². The van der Waals surface area contributed by atoms with Crippen molar-refractivity contribution < 1.29 is 23.9 Å². The second-order valence-electron chi connectivity index (χ2n) is 6.69. The lowest BCUT2D eigenvalue weighted by Crippen LogP contribution is -2.49. The van der Waals surface area contributed by atoms with E-state index in [0.717, 1.165) is 25.7 Å². The number of hydrogen-bond donors (Lipinski definition) is 1. The fourth-order valence-electron chi connectivity index (χ4n) is 2.84. The van der Waals surface area contributed by atoms with Crippen molar-refractivity contribution in [1.29, 1.82) is 0 Å². The first kappa shape index (κ1) is 18.2. The molecule has 2 rings (SSSR count). The van der Waals surface area contributed by atoms with Gasteiger partial charge in [-0.2, -0.15) is 0 Å². The van der Waals surface area contributed by atoms with Gasteiger partial charge in [0.15, 0.2) is 12.3 Å². The van der Waals surface area contributed by atoms with E-state index in [0.29, 0.717) is 12.5 Å². The highest BCUT2D eigenvalue weighted by Gasteiger charge is 2.43. The van der Waals surface area contributed by atoms with Crippen molar-refractivity contribution in [2.45, 2.75) is 64.3 Å². The van der Waals surface area contributed by atoms with Crippen molar-refractivity contribution >= 4 is 11.9 Å². The number of rotatable bonds is 7. The van der Waals surface area contributed by atoms with Gasteiger partial charge in [0.25, 0.3) is 0 Å². The van der Waals surface area contributed by atoms with E-state index in [-0.39, 0.29) is 18.6 Å². The molecule has 132 valence electrons. The Hall–Kier alpha value is -1.18. The Labute approximate surface area is 137 Å². The molecule has 0 aromatic heterocycles. The Morgan fingerprint density at radius 3 is 2.65 bits per heavy atom. The SMILES string of the molecule is CC(C)COC1C(NC(=O)COC2CCCCC2)C(=O)ON1C. The van der Waals surface area contributed by atoms with Crippen LogP contribution in [0.1, 0.15) is 46.0 Å². The van der Waals surface area contributed by atoms with Gasteiger partial charge < -0.3 is 19.6 Å². The largest absolute Gasteiger partial charge is 0.368 e. The minimum atomic E-state index is -0.818. The van der Waals surface area contributed by atoms with Crippen LogP contribution >= 0.6 is 0 Å². The summed E-state index contributed by atoms with van der Waals surface area (Å²) in [6.45, 7) is 4.48. The highest BCUT2D eigenvalue weighted by molar-refractivity contribution is 5.86. The topological polar surface area (TPSA) is 77.1 Å². The maximum absolute atomic E-state index is 12.1. The molecule has 0 radical (unpaired) electrons. The summed E-state index contributed by atoms with van der Waals surface area (Å²) in [5.41, 5.74) is 0. The first-order chi connectivity index (χ1) is 11.0. The van der Waals surface area contributed by atoms with Crippen LogP contribution in [-0.2, 0) is 23.9 Å². The minimum absolute atomic E-state index is 0.0327. The molecule has 1 heterocycles. The summed E-state index contributed by atoms with van der Waals surface area (Å²) >= 11 is 0. The van der Waals surface area contributed by atoms with Crippen LogP contribution in [0.2, 0.25) is 0 Å². The first-order valence-electron chi connectivity index (χ1n) is 8.44. The molecule has 1 N–H and O–H groups in total. The van der Waals surface area contributed by atoms with E-state index < -0.39 is 18.2 Å². The number of hydroxylamine groups is 2. The van der Waals surface area contributed by atoms with Crippen LogP contribution in [0.4, 0.5) is 0 Å². The van der Waals surface area contributed by atoms with Crippen molar-refractivity contribution in [2.75, 3.05) is 20.3 Å². The summed E-state index contributed by atoms with van der Waals surface area (Å²) in [4.78, 5) is 29.0. The molecule has 0 bridgehead atoms. The summed E-state index contributed by atoms with van der Waals surface area (Å²) < 4.78 is 11.3. The molecular weight excluding hydrogens is 300 g/mol. The molecule has 1 saturated heterocycles. The van der Waals surface area contributed by atoms with E-state index in [9.17, 15) is 9.59 Å². The maximum Gasteiger partial charge on any atom is 0.351 e. The Kier molecular flexibility index (Phi) is 6.80. The molecule has 2 fully saturated rings. The van der Waals surface area contributed by atoms with Gasteiger partial charge in [0, 0.05) is 7.05 Å². The van der Waals surface area contributed by atoms with Gasteiger partial charge in [0.05, 0.1) is 12.7 Å². The van der Waals surface area contributed by atoms with Crippen LogP contribution in [0, 0.1) is 5.92 Å². The second kappa shape index (κ2) is 8.61. The fourth-order valence-corrected chi connectivity index (χ4v) is 2.84. The van der Waals surface area contributed by atoms with Crippen LogP contribution in [0.15, 0.2) is 0 Å². The van der Waals surface area contributed by atoms with Crippen molar-refractivity contribution in [2.24, 2.45) is 5.92 Å². The lowest BCUT2D eigenvalue weighted by molar-refractivity contribution is -0.193. The third kappa shape index (κ3) is 5.44. The highest BCUT2D eigenvalue weighted by Crippen LogP contribution is 2.20. The van der Waals surface area contributed by atoms with Crippen LogP contribution in [0.25, 0.3) is 0 Å². The molecule has 0 aromatic rings. The zero-order valence-corrected chi connectivity index (χ0v) is 14.2. The summed E-state index contributed by atoms with van der Waals surface area (Å²) in [6, 6.07) is -0.818. The van der Waals surface area contributed by atoms with Crippen molar-refractivity contribution in [1.82, 2.24) is 10.4 Å². The van der Waals surface area contributed by atoms with Gasteiger partial charge in [-0.3, -0.25) is 4.79 Å². The smallest absolute Gasteiger partial charge is 0.351 e. The molecule has 23 heavy (non-hydrogen) atoms. The third-order valence-electron chi connectivity index (χ3n) is 4.05. The predicted octanol–water partition coefficient (Wildman–Crippen LogP) is 1.22. The Balaban J connectivity index is 1.80. The number of likely N-dealkylation sites (N-methyl/N-ethyl adjacent to an activating group) is 1. The van der Waals surface area contributed by atoms with E-state index in [1.807, 2.05) is 13.8 Å². The molecule has 7 heteroatoms. The fraction of sp³-hybridized carbons (Fsp3) is 0.875. The Morgan fingerprint density at radius 2 is 2.00 bits per heavy atom. The molecule has 1 aliphatic heterocycles. The molecular formula is C16H28N2O5. The Bertz CT molecular complexity index is 409. The molecule has 1 amide bonds. The number of carbonyl (C=O) groups is 2. The zero-order chi connectivity index (χ0) is 16.8. The van der Waals surface area contributed by atoms with Crippen LogP contribution in [-0.4, -0.2) is 55.6 Å². The van der Waals surface area contributed by atoms with Gasteiger partial charge >= 0.3 is 5.97 Å². The Morgan fingerprint density at radius 1 is 1.30 bits per heavy atom. The van der Waals surface area contributed by atoms with Gasteiger partial charge in [-0.25, -0.2) is 4.79 Å². The van der Waals surface area contributed by atoms with Gasteiger partial charge in [-0.05, 0) is 18.8 Å². The van der Waals surface area contributed by atoms with E-state index >= 15 is 0 Å². The quantitative estimate of drug-likeness (QED) is 0.757. The number of ether oxygens (including phenoxy) is 2. The average Bonchev–Trinajstić information content (AvgIpc) is 2.78. The second-order valence-corrected chi connectivity index (χ2v) is 6.69. The molecule has 0 aromatic carbocycles. The molecule has 2 atom stereocenters. The molecule has 1 saturated carbocycles. The van der Waals surface area contributed by atoms with Crippen LogP contribution < -0.4 is 5.32 Å². The standard InChI is InChI=1S/C16H28N2O5/c1-11(2)9-22-15-14(16(20)23-18(15)3)17-13(19)10-21-12-7-5-4-6-8-12/h11-12,14-15H,4-10H2,1-3H3,(H,17,19). The number of hydrogen-bond acceptors (Lipinski definition) is 6. The lowest BCUT2D eigenvalue weighted by atomic mass is 9.98. The molecule has 2 aliphatic rings. The van der Waals surface area contributed by atoms with Gasteiger partial charge in [-0.15, -0.1) is 5.06 Å². The average molecular weight is 328 g/mol. The van der Waals surface area contributed by atoms with E-state index in [2.05, 4.69) is 5.32 Å². The zero-order valence-electron chi connectivity index (χ0n) is 14.2. The molecule has 2 unspecified atom stereocenters. The minimum Gasteiger partial charge on any atom is -0.368 e. The highest BCUT2D eigenvalue weighted by atomic mass is 16.8. The lowest BCUT2D eigenvalue weighted by Gasteiger charge is -2.23. The van der Waals surface area contributed by atoms with Gasteiger partial charge in [0.1, 0.15) is 6.61 Å². The monoisotopic (exact) mass is 328 g/mol.